The summed E-state index contributed by atoms with van der Waals surface area (Å²) in [6, 6.07) is 5.30. The Kier molecular flexibility index (Phi) is 4.41. The summed E-state index contributed by atoms with van der Waals surface area (Å²) in [4.78, 5) is 9.73. The van der Waals surface area contributed by atoms with Crippen LogP contribution in [0, 0.1) is 6.92 Å². The number of rotatable bonds is 3. The second kappa shape index (κ2) is 6.33. The summed E-state index contributed by atoms with van der Waals surface area (Å²) in [6.45, 7) is 4.34. The first-order valence-corrected chi connectivity index (χ1v) is 7.43. The van der Waals surface area contributed by atoms with E-state index in [0.29, 0.717) is 26.3 Å². The molecular formula is C16H18F3N3O. The molecule has 0 aliphatic carbocycles. The van der Waals surface area contributed by atoms with Crippen LogP contribution in [0.2, 0.25) is 0 Å². The molecule has 1 aliphatic heterocycles. The Morgan fingerprint density at radius 3 is 2.65 bits per heavy atom. The number of nitrogens with one attached hydrogen (secondary N) is 1. The van der Waals surface area contributed by atoms with Crippen LogP contribution >= 0.6 is 0 Å². The van der Waals surface area contributed by atoms with Gasteiger partial charge < -0.3 is 9.72 Å². The average Bonchev–Trinajstić information content (AvgIpc) is 2.94. The third-order valence-electron chi connectivity index (χ3n) is 3.94. The lowest BCUT2D eigenvalue weighted by molar-refractivity contribution is -0.137. The monoisotopic (exact) mass is 325 g/mol. The van der Waals surface area contributed by atoms with Crippen LogP contribution in [0.3, 0.4) is 0 Å². The van der Waals surface area contributed by atoms with Gasteiger partial charge in [-0.25, -0.2) is 4.98 Å². The average molecular weight is 325 g/mol. The van der Waals surface area contributed by atoms with Crippen LogP contribution in [-0.4, -0.2) is 34.6 Å². The van der Waals surface area contributed by atoms with Crippen molar-refractivity contribution in [2.24, 2.45) is 0 Å². The van der Waals surface area contributed by atoms with Gasteiger partial charge in [-0.3, -0.25) is 4.90 Å². The van der Waals surface area contributed by atoms with Crippen molar-refractivity contribution in [1.82, 2.24) is 14.9 Å². The Bertz CT molecular complexity index is 651. The van der Waals surface area contributed by atoms with Gasteiger partial charge in [-0.1, -0.05) is 12.1 Å². The number of ether oxygens (including phenoxy) is 1. The van der Waals surface area contributed by atoms with E-state index >= 15 is 0 Å². The summed E-state index contributed by atoms with van der Waals surface area (Å²) in [5.74, 6) is 0.828. The number of halogens is 3. The van der Waals surface area contributed by atoms with E-state index in [1.165, 1.54) is 12.1 Å². The van der Waals surface area contributed by atoms with E-state index in [0.717, 1.165) is 29.2 Å². The number of morpholine rings is 1. The highest BCUT2D eigenvalue weighted by atomic mass is 19.4. The molecule has 7 heteroatoms. The maximum Gasteiger partial charge on any atom is 0.416 e. The van der Waals surface area contributed by atoms with Crippen LogP contribution < -0.4 is 0 Å². The maximum atomic E-state index is 12.6. The van der Waals surface area contributed by atoms with Crippen molar-refractivity contribution in [2.45, 2.75) is 25.7 Å². The van der Waals surface area contributed by atoms with E-state index < -0.39 is 11.7 Å². The number of aryl methyl sites for hydroxylation is 1. The Labute approximate surface area is 132 Å². The molecule has 0 spiro atoms. The van der Waals surface area contributed by atoms with Gasteiger partial charge in [0.15, 0.2) is 0 Å². The van der Waals surface area contributed by atoms with Gasteiger partial charge in [0.05, 0.1) is 24.8 Å². The van der Waals surface area contributed by atoms with Gasteiger partial charge in [-0.2, -0.15) is 13.2 Å². The summed E-state index contributed by atoms with van der Waals surface area (Å²) in [5.41, 5.74) is 1.19. The molecule has 3 rings (SSSR count). The molecule has 1 aromatic carbocycles. The number of hydrogen-bond acceptors (Lipinski definition) is 3. The predicted molar refractivity (Wildman–Crippen MR) is 78.7 cm³/mol. The first-order chi connectivity index (χ1) is 10.9. The standard InChI is InChI=1S/C16H18F3N3O/c1-11-8-20-15(21-11)14-10-23-7-6-22(14)9-12-2-4-13(5-3-12)16(17,18)19/h2-5,8,14H,6-7,9-10H2,1H3,(H,20,21)/t14-/m1/s1. The third-order valence-corrected chi connectivity index (χ3v) is 3.94. The Morgan fingerprint density at radius 2 is 2.04 bits per heavy atom. The van der Waals surface area contributed by atoms with E-state index in [4.69, 9.17) is 4.74 Å². The SMILES string of the molecule is Cc1cnc([C@H]2COCCN2Cc2ccc(C(F)(F)F)cc2)[nH]1. The quantitative estimate of drug-likeness (QED) is 0.941. The summed E-state index contributed by atoms with van der Waals surface area (Å²) in [6.07, 6.45) is -2.54. The van der Waals surface area contributed by atoms with Gasteiger partial charge >= 0.3 is 6.18 Å². The van der Waals surface area contributed by atoms with Gasteiger partial charge in [0.25, 0.3) is 0 Å². The normalized spacial score (nSPS) is 19.9. The minimum absolute atomic E-state index is 0.0141. The van der Waals surface area contributed by atoms with Crippen LogP contribution in [0.4, 0.5) is 13.2 Å². The molecule has 0 saturated carbocycles. The van der Waals surface area contributed by atoms with Crippen LogP contribution in [0.25, 0.3) is 0 Å². The molecule has 4 nitrogen and oxygen atoms in total. The number of H-pyrrole nitrogens is 1. The molecule has 124 valence electrons. The highest BCUT2D eigenvalue weighted by molar-refractivity contribution is 5.24. The largest absolute Gasteiger partial charge is 0.416 e. The van der Waals surface area contributed by atoms with E-state index in [1.807, 2.05) is 6.92 Å². The van der Waals surface area contributed by atoms with Crippen molar-refractivity contribution in [3.63, 3.8) is 0 Å². The van der Waals surface area contributed by atoms with Gasteiger partial charge in [0.2, 0.25) is 0 Å². The topological polar surface area (TPSA) is 41.1 Å². The molecule has 23 heavy (non-hydrogen) atoms. The van der Waals surface area contributed by atoms with Crippen LogP contribution in [0.1, 0.15) is 28.7 Å². The number of aromatic nitrogens is 2. The number of benzene rings is 1. The van der Waals surface area contributed by atoms with E-state index in [9.17, 15) is 13.2 Å². The molecule has 0 unspecified atom stereocenters. The number of alkyl halides is 3. The fourth-order valence-corrected chi connectivity index (χ4v) is 2.72. The Balaban J connectivity index is 1.74. The molecule has 1 aromatic heterocycles. The van der Waals surface area contributed by atoms with E-state index in [-0.39, 0.29) is 6.04 Å². The second-order valence-corrected chi connectivity index (χ2v) is 5.71. The first-order valence-electron chi connectivity index (χ1n) is 7.43. The summed E-state index contributed by atoms with van der Waals surface area (Å²) in [7, 11) is 0. The fraction of sp³-hybridized carbons (Fsp3) is 0.438. The molecule has 1 fully saturated rings. The van der Waals surface area contributed by atoms with Crippen molar-refractivity contribution in [3.8, 4) is 0 Å². The fourth-order valence-electron chi connectivity index (χ4n) is 2.72. The molecule has 1 saturated heterocycles. The molecule has 1 atom stereocenters. The summed E-state index contributed by atoms with van der Waals surface area (Å²) < 4.78 is 43.4. The smallest absolute Gasteiger partial charge is 0.378 e. The lowest BCUT2D eigenvalue weighted by Crippen LogP contribution is -2.39. The number of hydrogen-bond donors (Lipinski definition) is 1. The first kappa shape index (κ1) is 16.0. The van der Waals surface area contributed by atoms with Crippen molar-refractivity contribution in [3.05, 3.63) is 53.1 Å². The molecular weight excluding hydrogens is 307 g/mol. The van der Waals surface area contributed by atoms with Gasteiger partial charge in [-0.05, 0) is 24.6 Å². The molecule has 2 heterocycles. The maximum absolute atomic E-state index is 12.6. The van der Waals surface area contributed by atoms with Gasteiger partial charge in [0.1, 0.15) is 5.82 Å². The molecule has 0 radical (unpaired) electrons. The highest BCUT2D eigenvalue weighted by Crippen LogP contribution is 2.30. The number of imidazole rings is 1. The lowest BCUT2D eigenvalue weighted by Gasteiger charge is -2.34. The minimum Gasteiger partial charge on any atom is -0.378 e. The molecule has 2 aromatic rings. The van der Waals surface area contributed by atoms with Crippen molar-refractivity contribution in [1.29, 1.82) is 0 Å². The van der Waals surface area contributed by atoms with E-state index in [2.05, 4.69) is 14.9 Å². The predicted octanol–water partition coefficient (Wildman–Crippen LogP) is 3.31. The zero-order valence-electron chi connectivity index (χ0n) is 12.7. The van der Waals surface area contributed by atoms with E-state index in [1.54, 1.807) is 6.20 Å². The highest BCUT2D eigenvalue weighted by Gasteiger charge is 2.30. The zero-order chi connectivity index (χ0) is 16.4. The zero-order valence-corrected chi connectivity index (χ0v) is 12.7. The Hall–Kier alpha value is -1.86. The lowest BCUT2D eigenvalue weighted by atomic mass is 10.1. The molecule has 0 amide bonds. The number of nitrogens with zero attached hydrogens (tertiary/aromatic N) is 2. The Morgan fingerprint density at radius 1 is 1.30 bits per heavy atom. The van der Waals surface area contributed by atoms with Crippen LogP contribution in [0.5, 0.6) is 0 Å². The summed E-state index contributed by atoms with van der Waals surface area (Å²) >= 11 is 0. The second-order valence-electron chi connectivity index (χ2n) is 5.71. The van der Waals surface area contributed by atoms with Crippen molar-refractivity contribution < 1.29 is 17.9 Å². The number of aromatic amines is 1. The molecule has 1 aliphatic rings. The molecule has 1 N–H and O–H groups in total. The van der Waals surface area contributed by atoms with Gasteiger partial charge in [-0.15, -0.1) is 0 Å². The van der Waals surface area contributed by atoms with Crippen LogP contribution in [0.15, 0.2) is 30.5 Å². The van der Waals surface area contributed by atoms with Crippen molar-refractivity contribution >= 4 is 0 Å². The third kappa shape index (κ3) is 3.73. The van der Waals surface area contributed by atoms with Gasteiger partial charge in [0, 0.05) is 25.0 Å². The molecule has 0 bridgehead atoms. The minimum atomic E-state index is -4.30. The van der Waals surface area contributed by atoms with Crippen LogP contribution in [-0.2, 0) is 17.5 Å². The summed E-state index contributed by atoms with van der Waals surface area (Å²) in [5, 5.41) is 0. The van der Waals surface area contributed by atoms with Crippen molar-refractivity contribution in [2.75, 3.05) is 19.8 Å².